The van der Waals surface area contributed by atoms with E-state index in [1.165, 1.54) is 24.3 Å². The first-order valence-electron chi connectivity index (χ1n) is 6.44. The number of halogens is 5. The number of hydrogen-bond acceptors (Lipinski definition) is 2. The topological polar surface area (TPSA) is 24.4 Å². The van der Waals surface area contributed by atoms with E-state index in [4.69, 9.17) is 23.2 Å². The monoisotopic (exact) mass is 358 g/mol. The molecule has 23 heavy (non-hydrogen) atoms. The van der Waals surface area contributed by atoms with Crippen molar-refractivity contribution < 1.29 is 13.2 Å². The Hall–Kier alpha value is -1.98. The lowest BCUT2D eigenvalue weighted by Gasteiger charge is -2.13. The molecule has 2 nitrogen and oxygen atoms in total. The molecule has 0 radical (unpaired) electrons. The van der Waals surface area contributed by atoms with Gasteiger partial charge < -0.3 is 5.32 Å². The zero-order valence-corrected chi connectivity index (χ0v) is 13.1. The molecule has 2 rings (SSSR count). The molecule has 1 N–H and O–H groups in total. The molecule has 0 saturated heterocycles. The molecule has 7 heteroatoms. The van der Waals surface area contributed by atoms with Crippen LogP contribution in [0.3, 0.4) is 0 Å². The van der Waals surface area contributed by atoms with E-state index < -0.39 is 11.9 Å². The number of nitrogens with zero attached hydrogens (tertiary/aromatic N) is 1. The number of nitrogens with one attached hydrogen (secondary N) is 1. The largest absolute Gasteiger partial charge is 0.431 e. The summed E-state index contributed by atoms with van der Waals surface area (Å²) >= 11 is 11.4. The molecule has 2 aromatic carbocycles. The van der Waals surface area contributed by atoms with Crippen molar-refractivity contribution in [1.29, 1.82) is 0 Å². The number of hydrogen-bond donors (Lipinski definition) is 1. The summed E-state index contributed by atoms with van der Waals surface area (Å²) in [5, 5.41) is 3.28. The number of rotatable bonds is 4. The van der Waals surface area contributed by atoms with Gasteiger partial charge in [-0.25, -0.2) is 0 Å². The van der Waals surface area contributed by atoms with E-state index in [1.54, 1.807) is 24.3 Å². The third-order valence-corrected chi connectivity index (χ3v) is 3.22. The highest BCUT2D eigenvalue weighted by Gasteiger charge is 2.33. The maximum Gasteiger partial charge on any atom is 0.431 e. The highest BCUT2D eigenvalue weighted by molar-refractivity contribution is 6.30. The summed E-state index contributed by atoms with van der Waals surface area (Å²) in [5.41, 5.74) is -0.158. The highest BCUT2D eigenvalue weighted by atomic mass is 35.5. The van der Waals surface area contributed by atoms with Crippen LogP contribution in [0.4, 0.5) is 24.5 Å². The van der Waals surface area contributed by atoms with Crippen LogP contribution >= 0.6 is 23.2 Å². The molecule has 0 bridgehead atoms. The van der Waals surface area contributed by atoms with Gasteiger partial charge in [-0.3, -0.25) is 4.99 Å². The van der Waals surface area contributed by atoms with Gasteiger partial charge in [-0.2, -0.15) is 13.2 Å². The van der Waals surface area contributed by atoms with Gasteiger partial charge in [-0.15, -0.1) is 0 Å². The minimum atomic E-state index is -4.54. The molecule has 0 aromatic heterocycles. The smallest absolute Gasteiger partial charge is 0.351 e. The fraction of sp³-hybridized carbons (Fsp3) is 0.0625. The summed E-state index contributed by atoms with van der Waals surface area (Å²) in [6.45, 7) is 0. The van der Waals surface area contributed by atoms with Crippen molar-refractivity contribution in [3.8, 4) is 0 Å². The van der Waals surface area contributed by atoms with Crippen molar-refractivity contribution in [2.24, 2.45) is 4.99 Å². The fourth-order valence-electron chi connectivity index (χ4n) is 1.62. The molecule has 0 unspecified atom stereocenters. The van der Waals surface area contributed by atoms with Crippen molar-refractivity contribution in [3.05, 3.63) is 70.3 Å². The number of anilines is 1. The van der Waals surface area contributed by atoms with E-state index in [2.05, 4.69) is 10.3 Å². The quantitative estimate of drug-likeness (QED) is 0.641. The molecule has 0 saturated carbocycles. The van der Waals surface area contributed by atoms with E-state index in [1.807, 2.05) is 0 Å². The Morgan fingerprint density at radius 3 is 1.96 bits per heavy atom. The third kappa shape index (κ3) is 5.62. The molecule has 0 heterocycles. The zero-order chi connectivity index (χ0) is 16.9. The van der Waals surface area contributed by atoms with Crippen molar-refractivity contribution >= 4 is 40.8 Å². The van der Waals surface area contributed by atoms with Crippen LogP contribution in [-0.2, 0) is 0 Å². The van der Waals surface area contributed by atoms with Crippen LogP contribution in [0.2, 0.25) is 10.0 Å². The van der Waals surface area contributed by atoms with Crippen molar-refractivity contribution in [2.45, 2.75) is 6.18 Å². The van der Waals surface area contributed by atoms with Crippen LogP contribution < -0.4 is 5.32 Å². The van der Waals surface area contributed by atoms with Crippen molar-refractivity contribution in [2.75, 3.05) is 5.32 Å². The minimum Gasteiger partial charge on any atom is -0.351 e. The van der Waals surface area contributed by atoms with E-state index in [0.717, 1.165) is 12.3 Å². The maximum absolute atomic E-state index is 13.0. The van der Waals surface area contributed by atoms with Crippen LogP contribution in [0.5, 0.6) is 0 Å². The number of benzene rings is 2. The van der Waals surface area contributed by atoms with Crippen LogP contribution in [0, 0.1) is 0 Å². The number of aliphatic imine (C=N–C) groups is 1. The van der Waals surface area contributed by atoms with Gasteiger partial charge in [0.25, 0.3) is 0 Å². The second kappa shape index (κ2) is 7.53. The summed E-state index contributed by atoms with van der Waals surface area (Å²) < 4.78 is 39.1. The van der Waals surface area contributed by atoms with E-state index in [0.29, 0.717) is 15.7 Å². The SMILES string of the molecule is FC(F)(F)/C(=C\C=Nc1ccc(Cl)cc1)Nc1ccc(Cl)cc1. The molecular formula is C16H11Cl2F3N2. The first kappa shape index (κ1) is 17.4. The summed E-state index contributed by atoms with van der Waals surface area (Å²) in [4.78, 5) is 3.94. The van der Waals surface area contributed by atoms with Crippen molar-refractivity contribution in [3.63, 3.8) is 0 Å². The fourth-order valence-corrected chi connectivity index (χ4v) is 1.87. The summed E-state index contributed by atoms with van der Waals surface area (Å²) in [7, 11) is 0. The molecule has 0 spiro atoms. The van der Waals surface area contributed by atoms with Gasteiger partial charge in [0, 0.05) is 21.9 Å². The highest BCUT2D eigenvalue weighted by Crippen LogP contribution is 2.27. The lowest BCUT2D eigenvalue weighted by Crippen LogP contribution is -2.19. The number of alkyl halides is 3. The van der Waals surface area contributed by atoms with Gasteiger partial charge >= 0.3 is 6.18 Å². The van der Waals surface area contributed by atoms with Crippen molar-refractivity contribution in [1.82, 2.24) is 0 Å². The first-order valence-corrected chi connectivity index (χ1v) is 7.20. The zero-order valence-electron chi connectivity index (χ0n) is 11.6. The van der Waals surface area contributed by atoms with E-state index in [9.17, 15) is 13.2 Å². The average molecular weight is 359 g/mol. The van der Waals surface area contributed by atoms with E-state index in [-0.39, 0.29) is 5.69 Å². The van der Waals surface area contributed by atoms with Gasteiger partial charge in [0.2, 0.25) is 0 Å². The molecule has 0 aliphatic heterocycles. The van der Waals surface area contributed by atoms with Crippen LogP contribution in [0.15, 0.2) is 65.3 Å². The maximum atomic E-state index is 13.0. The molecule has 0 atom stereocenters. The van der Waals surface area contributed by atoms with Gasteiger partial charge in [-0.1, -0.05) is 23.2 Å². The van der Waals surface area contributed by atoms with Crippen LogP contribution in [0.25, 0.3) is 0 Å². The predicted molar refractivity (Wildman–Crippen MR) is 88.8 cm³/mol. The Morgan fingerprint density at radius 2 is 1.43 bits per heavy atom. The van der Waals surface area contributed by atoms with Gasteiger partial charge in [0.05, 0.1) is 5.69 Å². The standard InChI is InChI=1S/C16H11Cl2F3N2/c17-11-1-5-13(6-2-11)22-10-9-15(16(19,20)21)23-14-7-3-12(18)4-8-14/h1-10,23H/b15-9+,22-10?. The number of allylic oxidation sites excluding steroid dienone is 2. The Kier molecular flexibility index (Phi) is 5.69. The second-order valence-corrected chi connectivity index (χ2v) is 5.34. The van der Waals surface area contributed by atoms with Gasteiger partial charge in [0.1, 0.15) is 5.70 Å². The molecular weight excluding hydrogens is 348 g/mol. The lowest BCUT2D eigenvalue weighted by atomic mass is 10.3. The Balaban J connectivity index is 2.17. The van der Waals surface area contributed by atoms with Gasteiger partial charge in [-0.05, 0) is 54.6 Å². The molecule has 0 aliphatic carbocycles. The molecule has 0 amide bonds. The lowest BCUT2D eigenvalue weighted by molar-refractivity contribution is -0.0901. The molecule has 2 aromatic rings. The van der Waals surface area contributed by atoms with Crippen LogP contribution in [-0.4, -0.2) is 12.4 Å². The Bertz CT molecular complexity index is 706. The Labute approximate surface area is 141 Å². The summed E-state index contributed by atoms with van der Waals surface area (Å²) in [6, 6.07) is 12.3. The average Bonchev–Trinajstić information content (AvgIpc) is 2.49. The predicted octanol–water partition coefficient (Wildman–Crippen LogP) is 6.25. The Morgan fingerprint density at radius 1 is 0.913 bits per heavy atom. The third-order valence-electron chi connectivity index (χ3n) is 2.72. The molecule has 0 aliphatic rings. The normalized spacial score (nSPS) is 12.7. The minimum absolute atomic E-state index is 0.276. The summed E-state index contributed by atoms with van der Waals surface area (Å²) in [5.74, 6) is 0. The van der Waals surface area contributed by atoms with E-state index >= 15 is 0 Å². The van der Waals surface area contributed by atoms with Gasteiger partial charge in [0.15, 0.2) is 0 Å². The molecule has 120 valence electrons. The summed E-state index contributed by atoms with van der Waals surface area (Å²) in [6.07, 6.45) is -2.59. The van der Waals surface area contributed by atoms with Crippen LogP contribution in [0.1, 0.15) is 0 Å². The molecule has 0 fully saturated rings. The second-order valence-electron chi connectivity index (χ2n) is 4.46. The first-order chi connectivity index (χ1) is 10.8.